The normalized spacial score (nSPS) is 10.9. The summed E-state index contributed by atoms with van der Waals surface area (Å²) in [6, 6.07) is 17.0. The molecule has 3 aromatic heterocycles. The van der Waals surface area contributed by atoms with Gasteiger partial charge in [0.1, 0.15) is 17.5 Å². The second-order valence-electron chi connectivity index (χ2n) is 8.12. The van der Waals surface area contributed by atoms with Crippen molar-refractivity contribution in [2.75, 3.05) is 10.6 Å². The molecule has 0 saturated carbocycles. The monoisotopic (exact) mass is 452 g/mol. The van der Waals surface area contributed by atoms with E-state index in [2.05, 4.69) is 31.7 Å². The molecule has 0 aliphatic rings. The summed E-state index contributed by atoms with van der Waals surface area (Å²) in [5.74, 6) is 0.238. The summed E-state index contributed by atoms with van der Waals surface area (Å²) < 4.78 is 14.1. The number of carbonyl (C=O) groups is 1. The highest BCUT2D eigenvalue weighted by Gasteiger charge is 2.20. The predicted octanol–water partition coefficient (Wildman–Crippen LogP) is 5.47. The Hall–Kier alpha value is -4.64. The third kappa shape index (κ3) is 5.05. The largest absolute Gasteiger partial charge is 0.325 e. The minimum absolute atomic E-state index is 0.364. The lowest BCUT2D eigenvalue weighted by atomic mass is 9.88. The SMILES string of the molecule is CC(C)(C#N)c1ccc(Nc2cc(C(=O)Nc3cncc(-c4ccccc4F)c3)ccn2)nc1. The number of nitrogens with one attached hydrogen (secondary N) is 2. The number of halogens is 1. The average Bonchev–Trinajstić information content (AvgIpc) is 2.85. The van der Waals surface area contributed by atoms with Crippen LogP contribution >= 0.6 is 0 Å². The van der Waals surface area contributed by atoms with Crippen LogP contribution in [0.3, 0.4) is 0 Å². The molecule has 7 nitrogen and oxygen atoms in total. The van der Waals surface area contributed by atoms with Crippen LogP contribution in [-0.4, -0.2) is 20.9 Å². The van der Waals surface area contributed by atoms with Gasteiger partial charge in [0.05, 0.1) is 23.4 Å². The second kappa shape index (κ2) is 9.46. The van der Waals surface area contributed by atoms with Gasteiger partial charge in [-0.15, -0.1) is 0 Å². The summed E-state index contributed by atoms with van der Waals surface area (Å²) in [5.41, 5.74) is 1.93. The lowest BCUT2D eigenvalue weighted by Crippen LogP contribution is -2.14. The van der Waals surface area contributed by atoms with E-state index in [1.54, 1.807) is 54.9 Å². The van der Waals surface area contributed by atoms with E-state index >= 15 is 0 Å². The number of pyridine rings is 3. The zero-order valence-corrected chi connectivity index (χ0v) is 18.6. The smallest absolute Gasteiger partial charge is 0.255 e. The van der Waals surface area contributed by atoms with Crippen molar-refractivity contribution in [2.24, 2.45) is 0 Å². The van der Waals surface area contributed by atoms with Crippen LogP contribution in [-0.2, 0) is 5.41 Å². The number of rotatable bonds is 6. The summed E-state index contributed by atoms with van der Waals surface area (Å²) in [4.78, 5) is 25.5. The quantitative estimate of drug-likeness (QED) is 0.402. The molecule has 34 heavy (non-hydrogen) atoms. The number of hydrogen-bond acceptors (Lipinski definition) is 6. The van der Waals surface area contributed by atoms with Crippen molar-refractivity contribution in [1.29, 1.82) is 5.26 Å². The van der Waals surface area contributed by atoms with Crippen LogP contribution in [0, 0.1) is 17.1 Å². The Balaban J connectivity index is 1.48. The standard InChI is InChI=1S/C26H21FN6O/c1-26(2,16-28)19-7-8-23(31-14-19)33-24-12-17(9-10-30-24)25(34)32-20-11-18(13-29-15-20)21-5-3-4-6-22(21)27/h3-15H,1-2H3,(H,32,34)(H,30,31,33). The molecule has 8 heteroatoms. The van der Waals surface area contributed by atoms with Crippen LogP contribution in [0.1, 0.15) is 29.8 Å². The Morgan fingerprint density at radius 3 is 2.56 bits per heavy atom. The average molecular weight is 452 g/mol. The van der Waals surface area contributed by atoms with Gasteiger partial charge in [0.25, 0.3) is 5.91 Å². The Bertz CT molecular complexity index is 1380. The third-order valence-corrected chi connectivity index (χ3v) is 5.22. The zero-order chi connectivity index (χ0) is 24.1. The van der Waals surface area contributed by atoms with Crippen LogP contribution in [0.25, 0.3) is 11.1 Å². The lowest BCUT2D eigenvalue weighted by Gasteiger charge is -2.15. The molecule has 0 unspecified atom stereocenters. The van der Waals surface area contributed by atoms with Gasteiger partial charge in [-0.05, 0) is 49.7 Å². The van der Waals surface area contributed by atoms with Crippen LogP contribution < -0.4 is 10.6 Å². The van der Waals surface area contributed by atoms with Crippen molar-refractivity contribution in [3.8, 4) is 17.2 Å². The molecule has 168 valence electrons. The van der Waals surface area contributed by atoms with Crippen LogP contribution in [0.4, 0.5) is 21.7 Å². The molecule has 0 radical (unpaired) electrons. The molecule has 0 fully saturated rings. The molecule has 0 bridgehead atoms. The molecule has 4 aromatic rings. The highest BCUT2D eigenvalue weighted by molar-refractivity contribution is 6.04. The van der Waals surface area contributed by atoms with Gasteiger partial charge < -0.3 is 10.6 Å². The number of nitrogens with zero attached hydrogens (tertiary/aromatic N) is 4. The first kappa shape index (κ1) is 22.6. The van der Waals surface area contributed by atoms with E-state index in [9.17, 15) is 14.4 Å². The minimum atomic E-state index is -0.639. The van der Waals surface area contributed by atoms with Crippen LogP contribution in [0.5, 0.6) is 0 Å². The van der Waals surface area contributed by atoms with Crippen molar-refractivity contribution in [3.63, 3.8) is 0 Å². The van der Waals surface area contributed by atoms with Gasteiger partial charge in [0, 0.05) is 35.3 Å². The van der Waals surface area contributed by atoms with E-state index in [0.717, 1.165) is 5.56 Å². The first-order valence-electron chi connectivity index (χ1n) is 10.5. The van der Waals surface area contributed by atoms with Crippen molar-refractivity contribution in [3.05, 3.63) is 96.3 Å². The number of carbonyl (C=O) groups excluding carboxylic acids is 1. The number of benzene rings is 1. The summed E-state index contributed by atoms with van der Waals surface area (Å²) >= 11 is 0. The number of nitriles is 1. The van der Waals surface area contributed by atoms with Crippen LogP contribution in [0.15, 0.2) is 79.4 Å². The molecular formula is C26H21FN6O. The predicted molar refractivity (Wildman–Crippen MR) is 128 cm³/mol. The number of anilines is 3. The van der Waals surface area contributed by atoms with E-state index in [0.29, 0.717) is 34.0 Å². The molecule has 4 rings (SSSR count). The summed E-state index contributed by atoms with van der Waals surface area (Å²) in [6.45, 7) is 3.64. The summed E-state index contributed by atoms with van der Waals surface area (Å²) in [7, 11) is 0. The molecule has 0 aliphatic heterocycles. The number of hydrogen-bond donors (Lipinski definition) is 2. The molecule has 0 saturated heterocycles. The maximum Gasteiger partial charge on any atom is 0.255 e. The molecule has 0 spiro atoms. The van der Waals surface area contributed by atoms with Gasteiger partial charge in [-0.2, -0.15) is 5.26 Å². The fourth-order valence-corrected chi connectivity index (χ4v) is 3.23. The number of aromatic nitrogens is 3. The fourth-order valence-electron chi connectivity index (χ4n) is 3.23. The van der Waals surface area contributed by atoms with Crippen molar-refractivity contribution >= 4 is 23.2 Å². The highest BCUT2D eigenvalue weighted by Crippen LogP contribution is 2.25. The number of amides is 1. The van der Waals surface area contributed by atoms with Gasteiger partial charge in [0.2, 0.25) is 0 Å². The molecule has 2 N–H and O–H groups in total. The van der Waals surface area contributed by atoms with Gasteiger partial charge in [-0.1, -0.05) is 24.3 Å². The van der Waals surface area contributed by atoms with Gasteiger partial charge in [-0.3, -0.25) is 9.78 Å². The molecule has 0 aliphatic carbocycles. The Morgan fingerprint density at radius 1 is 1.00 bits per heavy atom. The Labute approximate surface area is 196 Å². The topological polar surface area (TPSA) is 104 Å². The van der Waals surface area contributed by atoms with Crippen molar-refractivity contribution < 1.29 is 9.18 Å². The summed E-state index contributed by atoms with van der Waals surface area (Å²) in [6.07, 6.45) is 6.19. The second-order valence-corrected chi connectivity index (χ2v) is 8.12. The fraction of sp³-hybridized carbons (Fsp3) is 0.115. The maximum absolute atomic E-state index is 14.1. The Kier molecular flexibility index (Phi) is 6.28. The maximum atomic E-state index is 14.1. The Morgan fingerprint density at radius 2 is 1.82 bits per heavy atom. The molecular weight excluding hydrogens is 431 g/mol. The first-order valence-corrected chi connectivity index (χ1v) is 10.5. The van der Waals surface area contributed by atoms with Crippen molar-refractivity contribution in [2.45, 2.75) is 19.3 Å². The van der Waals surface area contributed by atoms with E-state index in [1.807, 2.05) is 19.9 Å². The minimum Gasteiger partial charge on any atom is -0.325 e. The van der Waals surface area contributed by atoms with Gasteiger partial charge in [-0.25, -0.2) is 14.4 Å². The molecule has 0 atom stereocenters. The zero-order valence-electron chi connectivity index (χ0n) is 18.6. The van der Waals surface area contributed by atoms with Crippen molar-refractivity contribution in [1.82, 2.24) is 15.0 Å². The van der Waals surface area contributed by atoms with Gasteiger partial charge in [0.15, 0.2) is 0 Å². The molecule has 1 amide bonds. The van der Waals surface area contributed by atoms with E-state index in [4.69, 9.17) is 0 Å². The molecule has 1 aromatic carbocycles. The molecule has 3 heterocycles. The van der Waals surface area contributed by atoms with E-state index in [1.165, 1.54) is 18.5 Å². The van der Waals surface area contributed by atoms with E-state index in [-0.39, 0.29) is 11.7 Å². The third-order valence-electron chi connectivity index (χ3n) is 5.22. The van der Waals surface area contributed by atoms with Crippen LogP contribution in [0.2, 0.25) is 0 Å². The lowest BCUT2D eigenvalue weighted by molar-refractivity contribution is 0.102. The highest BCUT2D eigenvalue weighted by atomic mass is 19.1. The summed E-state index contributed by atoms with van der Waals surface area (Å²) in [5, 5.41) is 15.1. The van der Waals surface area contributed by atoms with Gasteiger partial charge >= 0.3 is 0 Å². The van der Waals surface area contributed by atoms with E-state index < -0.39 is 5.41 Å². The first-order chi connectivity index (χ1) is 16.4.